The second-order valence-corrected chi connectivity index (χ2v) is 4.65. The monoisotopic (exact) mass is 230 g/mol. The fraction of sp³-hybridized carbons (Fsp3) is 1.00. The third-order valence-corrected chi connectivity index (χ3v) is 2.45. The Kier molecular flexibility index (Phi) is 4.58. The van der Waals surface area contributed by atoms with Crippen LogP contribution < -0.4 is 0 Å². The van der Waals surface area contributed by atoms with Gasteiger partial charge in [0.05, 0.1) is 0 Å². The maximum atomic E-state index is 13.5. The first-order valence-corrected chi connectivity index (χ1v) is 4.93. The summed E-state index contributed by atoms with van der Waals surface area (Å²) in [7, 11) is 0. The molecule has 3 atom stereocenters. The molecule has 1 N–H and O–H groups in total. The Labute approximate surface area is 87.5 Å². The topological polar surface area (TPSA) is 20.2 Å². The summed E-state index contributed by atoms with van der Waals surface area (Å²) in [6.45, 7) is 5.45. The minimum absolute atomic E-state index is 0.0993. The van der Waals surface area contributed by atoms with Crippen molar-refractivity contribution in [3.8, 4) is 0 Å². The number of halogens is 4. The molecule has 0 aromatic carbocycles. The van der Waals surface area contributed by atoms with Crippen LogP contribution in [0.2, 0.25) is 0 Å². The van der Waals surface area contributed by atoms with Gasteiger partial charge in [-0.1, -0.05) is 20.8 Å². The fourth-order valence-electron chi connectivity index (χ4n) is 1.57. The summed E-state index contributed by atoms with van der Waals surface area (Å²) in [6.07, 6.45) is -6.91. The Morgan fingerprint density at radius 2 is 1.53 bits per heavy atom. The molecule has 1 nitrogen and oxygen atoms in total. The van der Waals surface area contributed by atoms with Crippen molar-refractivity contribution in [2.45, 2.75) is 52.1 Å². The highest BCUT2D eigenvalue weighted by atomic mass is 19.4. The molecule has 92 valence electrons. The highest BCUT2D eigenvalue weighted by molar-refractivity contribution is 4.92. The maximum absolute atomic E-state index is 13.5. The lowest BCUT2D eigenvalue weighted by atomic mass is 9.85. The molecule has 0 bridgehead atoms. The van der Waals surface area contributed by atoms with Crippen molar-refractivity contribution in [3.05, 3.63) is 0 Å². The van der Waals surface area contributed by atoms with E-state index in [2.05, 4.69) is 0 Å². The summed E-state index contributed by atoms with van der Waals surface area (Å²) < 4.78 is 50.3. The molecule has 0 amide bonds. The molecule has 0 radical (unpaired) electrons. The predicted octanol–water partition coefficient (Wildman–Crippen LogP) is 3.32. The molecule has 0 aromatic heterocycles. The Morgan fingerprint density at radius 1 is 1.13 bits per heavy atom. The molecular weight excluding hydrogens is 212 g/mol. The van der Waals surface area contributed by atoms with Crippen LogP contribution in [-0.4, -0.2) is 23.1 Å². The summed E-state index contributed by atoms with van der Waals surface area (Å²) >= 11 is 0. The number of rotatable bonds is 4. The van der Waals surface area contributed by atoms with E-state index in [0.717, 1.165) is 0 Å². The van der Waals surface area contributed by atoms with Crippen LogP contribution in [0.5, 0.6) is 0 Å². The molecule has 0 saturated heterocycles. The smallest absolute Gasteiger partial charge is 0.378 e. The third-order valence-electron chi connectivity index (χ3n) is 2.45. The van der Waals surface area contributed by atoms with Crippen molar-refractivity contribution >= 4 is 0 Å². The quantitative estimate of drug-likeness (QED) is 0.734. The Bertz CT molecular complexity index is 198. The molecule has 5 heteroatoms. The Balaban J connectivity index is 4.62. The summed E-state index contributed by atoms with van der Waals surface area (Å²) in [4.78, 5) is 0. The standard InChI is InChI=1S/C10H18F4O/c1-6(2)5-7(3)8(11)9(4,15)10(12,13)14/h6-8,15H,5H2,1-4H3/t7-,8+,9?/m0/s1. The van der Waals surface area contributed by atoms with Gasteiger partial charge in [-0.2, -0.15) is 13.2 Å². The Morgan fingerprint density at radius 3 is 1.80 bits per heavy atom. The van der Waals surface area contributed by atoms with E-state index in [4.69, 9.17) is 5.11 Å². The zero-order valence-corrected chi connectivity index (χ0v) is 9.40. The molecule has 0 saturated carbocycles. The van der Waals surface area contributed by atoms with Gasteiger partial charge >= 0.3 is 6.18 Å². The molecule has 0 fully saturated rings. The van der Waals surface area contributed by atoms with Crippen molar-refractivity contribution in [3.63, 3.8) is 0 Å². The zero-order chi connectivity index (χ0) is 12.4. The van der Waals surface area contributed by atoms with Crippen LogP contribution in [0, 0.1) is 11.8 Å². The zero-order valence-electron chi connectivity index (χ0n) is 9.40. The second-order valence-electron chi connectivity index (χ2n) is 4.65. The van der Waals surface area contributed by atoms with Crippen LogP contribution in [0.1, 0.15) is 34.1 Å². The van der Waals surface area contributed by atoms with Crippen LogP contribution in [0.25, 0.3) is 0 Å². The number of hydrogen-bond acceptors (Lipinski definition) is 1. The average molecular weight is 230 g/mol. The molecule has 0 rings (SSSR count). The van der Waals surface area contributed by atoms with Crippen molar-refractivity contribution in [2.24, 2.45) is 11.8 Å². The predicted molar refractivity (Wildman–Crippen MR) is 50.2 cm³/mol. The molecule has 15 heavy (non-hydrogen) atoms. The summed E-state index contributed by atoms with van der Waals surface area (Å²) in [5, 5.41) is 9.10. The molecule has 0 aliphatic heterocycles. The van der Waals surface area contributed by atoms with Gasteiger partial charge < -0.3 is 5.11 Å². The van der Waals surface area contributed by atoms with E-state index in [0.29, 0.717) is 13.3 Å². The summed E-state index contributed by atoms with van der Waals surface area (Å²) in [5.41, 5.74) is -3.26. The summed E-state index contributed by atoms with van der Waals surface area (Å²) in [5.74, 6) is -0.719. The van der Waals surface area contributed by atoms with Crippen LogP contribution in [-0.2, 0) is 0 Å². The van der Waals surface area contributed by atoms with E-state index >= 15 is 0 Å². The molecular formula is C10H18F4O. The van der Waals surface area contributed by atoms with Crippen molar-refractivity contribution in [1.29, 1.82) is 0 Å². The SMILES string of the molecule is CC(C)C[C@H](C)[C@@H](F)C(C)(O)C(F)(F)F. The molecule has 0 aliphatic carbocycles. The van der Waals surface area contributed by atoms with Gasteiger partial charge in [0.1, 0.15) is 6.17 Å². The van der Waals surface area contributed by atoms with E-state index in [1.54, 1.807) is 13.8 Å². The van der Waals surface area contributed by atoms with E-state index in [1.165, 1.54) is 6.92 Å². The van der Waals surface area contributed by atoms with Crippen molar-refractivity contribution in [2.75, 3.05) is 0 Å². The van der Waals surface area contributed by atoms with Crippen LogP contribution in [0.4, 0.5) is 17.6 Å². The van der Waals surface area contributed by atoms with Gasteiger partial charge in [0.15, 0.2) is 5.60 Å². The van der Waals surface area contributed by atoms with E-state index in [-0.39, 0.29) is 5.92 Å². The van der Waals surface area contributed by atoms with E-state index in [1.807, 2.05) is 0 Å². The van der Waals surface area contributed by atoms with Crippen molar-refractivity contribution < 1.29 is 22.7 Å². The van der Waals surface area contributed by atoms with Gasteiger partial charge in [-0.25, -0.2) is 4.39 Å². The van der Waals surface area contributed by atoms with E-state index in [9.17, 15) is 17.6 Å². The minimum Gasteiger partial charge on any atom is -0.378 e. The van der Waals surface area contributed by atoms with Gasteiger partial charge in [-0.05, 0) is 25.2 Å². The fourth-order valence-corrected chi connectivity index (χ4v) is 1.57. The second kappa shape index (κ2) is 4.68. The molecule has 1 unspecified atom stereocenters. The first kappa shape index (κ1) is 14.7. The lowest BCUT2D eigenvalue weighted by Gasteiger charge is -2.33. The number of aliphatic hydroxyl groups is 1. The highest BCUT2D eigenvalue weighted by Gasteiger charge is 2.56. The largest absolute Gasteiger partial charge is 0.419 e. The van der Waals surface area contributed by atoms with Gasteiger partial charge in [0.25, 0.3) is 0 Å². The Hall–Kier alpha value is -0.320. The molecule has 0 aromatic rings. The lowest BCUT2D eigenvalue weighted by Crippen LogP contribution is -2.52. The van der Waals surface area contributed by atoms with E-state index < -0.39 is 23.9 Å². The summed E-state index contributed by atoms with van der Waals surface area (Å²) in [6, 6.07) is 0. The lowest BCUT2D eigenvalue weighted by molar-refractivity contribution is -0.278. The first-order chi connectivity index (χ1) is 6.50. The number of alkyl halides is 4. The molecule has 0 spiro atoms. The van der Waals surface area contributed by atoms with Crippen LogP contribution >= 0.6 is 0 Å². The normalized spacial score (nSPS) is 21.2. The first-order valence-electron chi connectivity index (χ1n) is 4.93. The van der Waals surface area contributed by atoms with Crippen LogP contribution in [0.3, 0.4) is 0 Å². The van der Waals surface area contributed by atoms with Gasteiger partial charge in [-0.3, -0.25) is 0 Å². The highest BCUT2D eigenvalue weighted by Crippen LogP contribution is 2.38. The number of hydrogen-bond donors (Lipinski definition) is 1. The average Bonchev–Trinajstić information content (AvgIpc) is 1.99. The van der Waals surface area contributed by atoms with Gasteiger partial charge in [0, 0.05) is 0 Å². The minimum atomic E-state index is -4.93. The van der Waals surface area contributed by atoms with Gasteiger partial charge in [-0.15, -0.1) is 0 Å². The van der Waals surface area contributed by atoms with Gasteiger partial charge in [0.2, 0.25) is 0 Å². The third kappa shape index (κ3) is 3.63. The maximum Gasteiger partial charge on any atom is 0.419 e. The van der Waals surface area contributed by atoms with Crippen LogP contribution in [0.15, 0.2) is 0 Å². The van der Waals surface area contributed by atoms with Crippen molar-refractivity contribution in [1.82, 2.24) is 0 Å². The molecule has 0 heterocycles. The molecule has 0 aliphatic rings.